The first-order chi connectivity index (χ1) is 74.0. The van der Waals surface area contributed by atoms with Crippen LogP contribution in [0.3, 0.4) is 0 Å². The number of fused-ring (bicyclic) bond motifs is 15. The second-order valence-electron chi connectivity index (χ2n) is 35.9. The normalized spacial score (nSPS) is 18.6. The highest BCUT2D eigenvalue weighted by atomic mass is 16.4. The molecule has 1 saturated carbocycles. The lowest BCUT2D eigenvalue weighted by molar-refractivity contribution is -0.660. The van der Waals surface area contributed by atoms with Gasteiger partial charge in [-0.05, 0) is 231 Å². The number of rotatable bonds is 10. The smallest absolute Gasteiger partial charge is 0.227 e. The molecule has 2 unspecified atom stereocenters. The van der Waals surface area contributed by atoms with Gasteiger partial charge in [-0.15, -0.1) is 0 Å². The highest BCUT2D eigenvalue weighted by Gasteiger charge is 2.30. The Labute approximate surface area is 810 Å². The minimum Gasteiger partial charge on any atom is -0.437 e. The Morgan fingerprint density at radius 1 is 0.374 bits per heavy atom. The van der Waals surface area contributed by atoms with Crippen LogP contribution in [0.5, 0.6) is 0 Å². The summed E-state index contributed by atoms with van der Waals surface area (Å²) in [5.41, 5.74) is 20.9. The van der Waals surface area contributed by atoms with Crippen LogP contribution in [0.2, 0.25) is 0 Å². The standard InChI is InChI=1S/C24H25N2O.C24H27N2O.2C23H25N2O.C22H23N2O/c1-15-8-13-21(26(3)14-15)22-16(2)9-10-18-19-11-12-20(17-6-4-5-7-17)25-24(19)27-23(18)22;1-15-7-12-20(26(6)14-15)21-16(2)8-10-18-19-11-9-17(13-24(3,4)5)25-23(19)27-22(18)21;1-14-7-11-18(25(6)13-14)20-15(2)8-9-16-17-10-12-19(23(3,4)5)24-22(17)26-21(16)20;1-14(2)12-17-8-10-19-18-9-7-16(4)21(22(18)26-23(19)24-17)20-11-6-15(3)13-25(20)5;1-13(2)18-10-9-17-16-8-7-15(4)20(21(16)25-22(17)23-18)19-11-6-14(3)12-24(19)5/h8-14,17H,4-7H2,1-3H3;7-12,14H,13H2,1-6H3;7-13H,1-6H3;6-11,13-14H,12H2,1-5H3;6-13H,1-5H3/q5*+1/i1D3,6D2,17D;1D3,3D3,4D3;1D3;1D3,3D3,14D;3D3,13D. The minimum atomic E-state index is -2.72. The Balaban J connectivity index is 0.000000135. The number of nitrogens with zero attached hydrogens (tertiary/aromatic N) is 10. The predicted molar refractivity (Wildman–Crippen MR) is 534 cm³/mol. The quantitative estimate of drug-likeness (QED) is 0.121. The van der Waals surface area contributed by atoms with Crippen molar-refractivity contribution in [1.82, 2.24) is 24.9 Å². The Kier molecular flexibility index (Phi) is 16.5. The van der Waals surface area contributed by atoms with Crippen molar-refractivity contribution in [3.8, 4) is 56.3 Å². The minimum absolute atomic E-state index is 0.0338. The maximum Gasteiger partial charge on any atom is 0.227 e. The fourth-order valence-corrected chi connectivity index (χ4v) is 17.6. The van der Waals surface area contributed by atoms with E-state index in [1.807, 2.05) is 150 Å². The van der Waals surface area contributed by atoms with E-state index in [1.165, 1.54) is 13.8 Å². The van der Waals surface area contributed by atoms with Crippen LogP contribution in [0.1, 0.15) is 230 Å². The second kappa shape index (κ2) is 35.8. The van der Waals surface area contributed by atoms with Gasteiger partial charge in [0.15, 0.2) is 58.9 Å². The number of aryl methyl sites for hydroxylation is 15. The van der Waals surface area contributed by atoms with Gasteiger partial charge in [-0.25, -0.2) is 47.8 Å². The van der Waals surface area contributed by atoms with E-state index >= 15 is 0 Å². The highest BCUT2D eigenvalue weighted by molar-refractivity contribution is 6.13. The summed E-state index contributed by atoms with van der Waals surface area (Å²) in [5.74, 6) is -3.88. The third-order valence-corrected chi connectivity index (χ3v) is 24.2. The van der Waals surface area contributed by atoms with Crippen LogP contribution in [-0.4, -0.2) is 24.9 Å². The molecule has 1 aliphatic rings. The molecule has 131 heavy (non-hydrogen) atoms. The average Bonchev–Trinajstić information content (AvgIpc) is 1.64. The van der Waals surface area contributed by atoms with Crippen LogP contribution >= 0.6 is 0 Å². The van der Waals surface area contributed by atoms with E-state index in [0.717, 1.165) is 144 Å². The Bertz CT molecular complexity index is 8950. The van der Waals surface area contributed by atoms with Gasteiger partial charge in [0.05, 0.1) is 27.8 Å². The predicted octanol–water partition coefficient (Wildman–Crippen LogP) is 27.3. The molecule has 0 amide bonds. The van der Waals surface area contributed by atoms with Crippen molar-refractivity contribution in [3.63, 3.8) is 0 Å². The van der Waals surface area contributed by atoms with Gasteiger partial charge in [-0.3, -0.25) is 0 Å². The number of hydrogen-bond acceptors (Lipinski definition) is 10. The summed E-state index contributed by atoms with van der Waals surface area (Å²) < 4.78 is 267. The number of pyridine rings is 10. The molecule has 2 atom stereocenters. The number of furan rings is 5. The monoisotopic (exact) mass is 1770 g/mol. The molecule has 0 saturated heterocycles. The van der Waals surface area contributed by atoms with Crippen LogP contribution < -0.4 is 22.8 Å². The lowest BCUT2D eigenvalue weighted by atomic mass is 9.90. The summed E-state index contributed by atoms with van der Waals surface area (Å²) in [6.07, 6.45) is 7.58. The zero-order valence-corrected chi connectivity index (χ0v) is 76.8. The first-order valence-electron chi connectivity index (χ1n) is 58.1. The summed E-state index contributed by atoms with van der Waals surface area (Å²) in [6.45, 7) is 3.74. The highest BCUT2D eigenvalue weighted by Crippen LogP contribution is 2.45. The number of hydrogen-bond donors (Lipinski definition) is 0. The van der Waals surface area contributed by atoms with Gasteiger partial charge < -0.3 is 22.1 Å². The fourth-order valence-electron chi connectivity index (χ4n) is 17.6. The van der Waals surface area contributed by atoms with Crippen LogP contribution in [0.4, 0.5) is 0 Å². The summed E-state index contributed by atoms with van der Waals surface area (Å²) in [6, 6.07) is 55.6. The molecule has 20 aromatic rings. The van der Waals surface area contributed by atoms with Crippen LogP contribution in [0.25, 0.3) is 167 Å². The molecule has 1 aliphatic carbocycles. The Hall–Kier alpha value is -13.4. The molecule has 21 rings (SSSR count). The molecule has 15 nitrogen and oxygen atoms in total. The molecule has 664 valence electrons. The third kappa shape index (κ3) is 18.0. The van der Waals surface area contributed by atoms with Gasteiger partial charge in [-0.2, -0.15) is 0 Å². The Morgan fingerprint density at radius 2 is 0.695 bits per heavy atom. The largest absolute Gasteiger partial charge is 0.437 e. The average molecular weight is 1770 g/mol. The lowest BCUT2D eigenvalue weighted by Gasteiger charge is -2.16. The maximum absolute atomic E-state index is 8.82. The van der Waals surface area contributed by atoms with Crippen molar-refractivity contribution in [2.24, 2.45) is 46.5 Å². The van der Waals surface area contributed by atoms with E-state index in [2.05, 4.69) is 65.0 Å². The van der Waals surface area contributed by atoms with Gasteiger partial charge in [0.1, 0.15) is 35.2 Å². The van der Waals surface area contributed by atoms with Gasteiger partial charge in [0, 0.05) is 192 Å². The zero-order valence-electron chi connectivity index (χ0n) is 106. The molecule has 0 bridgehead atoms. The Morgan fingerprint density at radius 3 is 1.02 bits per heavy atom. The van der Waals surface area contributed by atoms with Crippen molar-refractivity contribution in [2.45, 2.75) is 194 Å². The maximum atomic E-state index is 8.82. The SMILES string of the molecule is [2H]C([2H])([2H])c1ccc(-c2c(C)ccc3c2oc2nc(C(C)(C)C)ccc23)[n+](C)c1.[2H]C([2H])([2H])c1ccc(-c2c(C)ccc3c2oc2nc(C([2H])(C)C)ccc23)[n+](C)c1.[2H]C([2H])([2H])c1ccc(-c2c(C)ccc3c2oc2nc(C4([2H])CCCC4([2H])[2H])ccc23)[n+](C)c1.[2H]C([2H])([2H])c1ccc(-c2c(C)ccc3c2oc2nc(CC(C)(C([2H])([2H])[2H])C([2H])([2H])[2H])ccc23)[n+](C)c1.[2H]C([2H])([2H])c1ccc(-c2c(C)ccc3c2oc2nc(CC([2H])(C)C([2H])([2H])[2H])ccc23)[n+](C)c1. The molecule has 0 aliphatic heterocycles. The fraction of sp³-hybridized carbons (Fsp3) is 0.310. The van der Waals surface area contributed by atoms with Crippen molar-refractivity contribution in [1.29, 1.82) is 0 Å². The molecule has 15 heterocycles. The zero-order chi connectivity index (χ0) is 117. The van der Waals surface area contributed by atoms with Gasteiger partial charge in [-0.1, -0.05) is 143 Å². The van der Waals surface area contributed by atoms with E-state index in [0.29, 0.717) is 104 Å². The summed E-state index contributed by atoms with van der Waals surface area (Å²) in [7, 11) is 9.08. The summed E-state index contributed by atoms with van der Waals surface area (Å²) >= 11 is 0. The lowest BCUT2D eigenvalue weighted by Crippen LogP contribution is -2.31. The molecule has 15 aromatic heterocycles. The summed E-state index contributed by atoms with van der Waals surface area (Å²) in [4.78, 5) is 23.0. The first-order valence-corrected chi connectivity index (χ1v) is 43.6. The van der Waals surface area contributed by atoms with Crippen LogP contribution in [0.15, 0.2) is 235 Å². The van der Waals surface area contributed by atoms with Gasteiger partial charge in [0.2, 0.25) is 57.0 Å². The molecular formula is C116H125N10O5+5. The van der Waals surface area contributed by atoms with Crippen molar-refractivity contribution < 1.29 is 84.7 Å². The van der Waals surface area contributed by atoms with Crippen molar-refractivity contribution in [3.05, 3.63) is 297 Å². The molecule has 0 radical (unpaired) electrons. The van der Waals surface area contributed by atoms with Crippen molar-refractivity contribution >= 4 is 110 Å². The summed E-state index contributed by atoms with van der Waals surface area (Å²) in [5, 5.41) is 8.66. The van der Waals surface area contributed by atoms with E-state index in [4.69, 9.17) is 66.8 Å². The molecule has 15 heteroatoms. The third-order valence-electron chi connectivity index (χ3n) is 24.2. The van der Waals surface area contributed by atoms with Crippen LogP contribution in [0, 0.1) is 80.2 Å². The van der Waals surface area contributed by atoms with E-state index < -0.39 is 84.3 Å². The van der Waals surface area contributed by atoms with Crippen LogP contribution in [-0.2, 0) is 53.5 Å². The second-order valence-corrected chi connectivity index (χ2v) is 35.9. The molecule has 0 N–H and O–H groups in total. The topological polar surface area (TPSA) is 150 Å². The van der Waals surface area contributed by atoms with E-state index in [-0.39, 0.29) is 40.7 Å². The van der Waals surface area contributed by atoms with Crippen molar-refractivity contribution in [2.75, 3.05) is 0 Å². The van der Waals surface area contributed by atoms with E-state index in [9.17, 15) is 0 Å². The molecular weight excluding hydrogens is 1610 g/mol. The molecule has 5 aromatic carbocycles. The van der Waals surface area contributed by atoms with Gasteiger partial charge >= 0.3 is 0 Å². The molecule has 1 fully saturated rings. The first kappa shape index (κ1) is 60.5. The molecule has 0 spiro atoms. The van der Waals surface area contributed by atoms with Gasteiger partial charge in [0.25, 0.3) is 0 Å². The van der Waals surface area contributed by atoms with E-state index in [1.54, 1.807) is 145 Å². The number of aromatic nitrogens is 10. The number of benzene rings is 5.